The molecule has 0 bridgehead atoms. The molecule has 2 aromatic rings. The summed E-state index contributed by atoms with van der Waals surface area (Å²) >= 11 is 4.66. The summed E-state index contributed by atoms with van der Waals surface area (Å²) in [5, 5.41) is 5.85. The largest absolute Gasteiger partial charge is 0.452 e. The number of thiazole rings is 1. The van der Waals surface area contributed by atoms with E-state index in [-0.39, 0.29) is 9.56 Å². The van der Waals surface area contributed by atoms with E-state index in [0.717, 1.165) is 11.6 Å². The third kappa shape index (κ3) is 4.62. The van der Waals surface area contributed by atoms with E-state index in [9.17, 15) is 8.42 Å². The van der Waals surface area contributed by atoms with Crippen molar-refractivity contribution in [3.63, 3.8) is 0 Å². The van der Waals surface area contributed by atoms with Crippen LogP contribution in [-0.4, -0.2) is 26.5 Å². The Kier molecular flexibility index (Phi) is 5.94. The van der Waals surface area contributed by atoms with E-state index in [1.54, 1.807) is 6.20 Å². The minimum atomic E-state index is -3.59. The fraction of sp³-hybridized carbons (Fsp3) is 0.417. The van der Waals surface area contributed by atoms with Gasteiger partial charge in [-0.05, 0) is 22.5 Å². The summed E-state index contributed by atoms with van der Waals surface area (Å²) in [4.78, 5) is 4.23. The van der Waals surface area contributed by atoms with E-state index in [4.69, 9.17) is 4.42 Å². The second-order valence-electron chi connectivity index (χ2n) is 4.20. The third-order valence-electron chi connectivity index (χ3n) is 2.66. The molecule has 9 heteroatoms. The monoisotopic (exact) mass is 393 g/mol. The Morgan fingerprint density at radius 3 is 2.95 bits per heavy atom. The Morgan fingerprint density at radius 1 is 1.48 bits per heavy atom. The lowest BCUT2D eigenvalue weighted by atomic mass is 10.4. The van der Waals surface area contributed by atoms with Gasteiger partial charge in [-0.1, -0.05) is 6.92 Å². The number of hydrogen-bond acceptors (Lipinski definition) is 6. The van der Waals surface area contributed by atoms with Crippen LogP contribution in [0.2, 0.25) is 0 Å². The molecule has 21 heavy (non-hydrogen) atoms. The molecule has 0 aliphatic heterocycles. The first kappa shape index (κ1) is 16.6. The first-order valence-corrected chi connectivity index (χ1v) is 9.55. The lowest BCUT2D eigenvalue weighted by Crippen LogP contribution is -2.25. The Balaban J connectivity index is 1.99. The Morgan fingerprint density at radius 2 is 2.29 bits per heavy atom. The molecule has 0 aliphatic rings. The maximum absolute atomic E-state index is 12.2. The maximum atomic E-state index is 12.2. The number of aromatic nitrogens is 1. The average molecular weight is 394 g/mol. The lowest BCUT2D eigenvalue weighted by molar-refractivity contribution is 0.464. The standard InChI is InChI=1S/C12H16BrN3O3S2/c1-2-14-8-9-7-10(12(13)19-9)21(17,18)16-4-3-11-15-5-6-20-11/h5-7,14,16H,2-4,8H2,1H3. The Labute approximate surface area is 136 Å². The van der Waals surface area contributed by atoms with Crippen molar-refractivity contribution in [1.29, 1.82) is 0 Å². The first-order valence-electron chi connectivity index (χ1n) is 6.40. The molecule has 0 saturated carbocycles. The van der Waals surface area contributed by atoms with Crippen LogP contribution in [0.25, 0.3) is 0 Å². The number of hydrogen-bond donors (Lipinski definition) is 2. The van der Waals surface area contributed by atoms with Gasteiger partial charge in [0.1, 0.15) is 10.7 Å². The van der Waals surface area contributed by atoms with E-state index in [1.807, 2.05) is 12.3 Å². The molecular weight excluding hydrogens is 378 g/mol. The molecule has 0 radical (unpaired) electrons. The normalized spacial score (nSPS) is 11.9. The van der Waals surface area contributed by atoms with E-state index in [0.29, 0.717) is 25.3 Å². The molecule has 0 spiro atoms. The zero-order valence-electron chi connectivity index (χ0n) is 11.4. The molecule has 0 aliphatic carbocycles. The number of halogens is 1. The van der Waals surface area contributed by atoms with Crippen LogP contribution in [-0.2, 0) is 23.0 Å². The summed E-state index contributed by atoms with van der Waals surface area (Å²) in [6, 6.07) is 1.53. The minimum absolute atomic E-state index is 0.120. The third-order valence-corrected chi connectivity index (χ3v) is 5.82. The molecule has 0 atom stereocenters. The van der Waals surface area contributed by atoms with Crippen molar-refractivity contribution < 1.29 is 12.8 Å². The summed E-state index contributed by atoms with van der Waals surface area (Å²) in [6.45, 7) is 3.54. The smallest absolute Gasteiger partial charge is 0.244 e. The molecule has 0 saturated heterocycles. The van der Waals surface area contributed by atoms with Crippen LogP contribution in [0.5, 0.6) is 0 Å². The fourth-order valence-electron chi connectivity index (χ4n) is 1.66. The van der Waals surface area contributed by atoms with Gasteiger partial charge in [-0.2, -0.15) is 0 Å². The second-order valence-corrected chi connectivity index (χ2v) is 7.64. The Bertz CT molecular complexity index is 668. The van der Waals surface area contributed by atoms with Crippen molar-refractivity contribution in [2.75, 3.05) is 13.1 Å². The van der Waals surface area contributed by atoms with Crippen LogP contribution < -0.4 is 10.0 Å². The highest BCUT2D eigenvalue weighted by atomic mass is 79.9. The molecule has 6 nitrogen and oxygen atoms in total. The number of furan rings is 1. The van der Waals surface area contributed by atoms with Crippen LogP contribution in [0.15, 0.2) is 31.6 Å². The lowest BCUT2D eigenvalue weighted by Gasteiger charge is -2.03. The average Bonchev–Trinajstić information content (AvgIpc) is 3.06. The van der Waals surface area contributed by atoms with Gasteiger partial charge in [-0.25, -0.2) is 18.1 Å². The molecule has 2 N–H and O–H groups in total. The van der Waals surface area contributed by atoms with Crippen molar-refractivity contribution in [3.05, 3.63) is 33.1 Å². The highest BCUT2D eigenvalue weighted by molar-refractivity contribution is 9.10. The maximum Gasteiger partial charge on any atom is 0.244 e. The summed E-state index contributed by atoms with van der Waals surface area (Å²) < 4.78 is 32.6. The molecule has 116 valence electrons. The summed E-state index contributed by atoms with van der Waals surface area (Å²) in [5.41, 5.74) is 0. The molecule has 2 rings (SSSR count). The van der Waals surface area contributed by atoms with Crippen LogP contribution in [0.4, 0.5) is 0 Å². The summed E-state index contributed by atoms with van der Waals surface area (Å²) in [6.07, 6.45) is 2.27. The predicted octanol–water partition coefficient (Wildman–Crippen LogP) is 2.13. The second kappa shape index (κ2) is 7.50. The SMILES string of the molecule is CCNCc1cc(S(=O)(=O)NCCc2nccs2)c(Br)o1. The van der Waals surface area contributed by atoms with Crippen molar-refractivity contribution in [2.24, 2.45) is 0 Å². The van der Waals surface area contributed by atoms with Gasteiger partial charge in [0.2, 0.25) is 10.0 Å². The quantitative estimate of drug-likeness (QED) is 0.717. The highest BCUT2D eigenvalue weighted by Crippen LogP contribution is 2.26. The minimum Gasteiger partial charge on any atom is -0.452 e. The molecule has 0 fully saturated rings. The molecular formula is C12H16BrN3O3S2. The van der Waals surface area contributed by atoms with E-state index in [2.05, 4.69) is 31.0 Å². The highest BCUT2D eigenvalue weighted by Gasteiger charge is 2.22. The molecule has 0 amide bonds. The molecule has 0 aromatic carbocycles. The van der Waals surface area contributed by atoms with Gasteiger partial charge in [-0.15, -0.1) is 11.3 Å². The summed E-state index contributed by atoms with van der Waals surface area (Å²) in [5.74, 6) is 0.573. The van der Waals surface area contributed by atoms with Crippen molar-refractivity contribution in [2.45, 2.75) is 24.8 Å². The number of nitrogens with one attached hydrogen (secondary N) is 2. The van der Waals surface area contributed by atoms with Gasteiger partial charge in [0, 0.05) is 30.6 Å². The predicted molar refractivity (Wildman–Crippen MR) is 84.8 cm³/mol. The fourth-order valence-corrected chi connectivity index (χ4v) is 4.31. The van der Waals surface area contributed by atoms with Gasteiger partial charge < -0.3 is 9.73 Å². The zero-order chi connectivity index (χ0) is 15.3. The van der Waals surface area contributed by atoms with Gasteiger partial charge in [0.15, 0.2) is 4.67 Å². The van der Waals surface area contributed by atoms with Crippen molar-refractivity contribution >= 4 is 37.3 Å². The van der Waals surface area contributed by atoms with Crippen LogP contribution in [0.1, 0.15) is 17.7 Å². The number of sulfonamides is 1. The molecule has 2 heterocycles. The van der Waals surface area contributed by atoms with Crippen LogP contribution in [0, 0.1) is 0 Å². The summed E-state index contributed by atoms with van der Waals surface area (Å²) in [7, 11) is -3.59. The van der Waals surface area contributed by atoms with E-state index >= 15 is 0 Å². The van der Waals surface area contributed by atoms with E-state index in [1.165, 1.54) is 17.4 Å². The molecule has 2 aromatic heterocycles. The van der Waals surface area contributed by atoms with E-state index < -0.39 is 10.0 Å². The molecule has 0 unspecified atom stereocenters. The zero-order valence-corrected chi connectivity index (χ0v) is 14.6. The van der Waals surface area contributed by atoms with Crippen LogP contribution in [0.3, 0.4) is 0 Å². The van der Waals surface area contributed by atoms with Crippen LogP contribution >= 0.6 is 27.3 Å². The van der Waals surface area contributed by atoms with Crippen molar-refractivity contribution in [1.82, 2.24) is 15.0 Å². The van der Waals surface area contributed by atoms with Gasteiger partial charge in [0.25, 0.3) is 0 Å². The topological polar surface area (TPSA) is 84.2 Å². The number of rotatable bonds is 8. The van der Waals surface area contributed by atoms with Gasteiger partial charge >= 0.3 is 0 Å². The van der Waals surface area contributed by atoms with Crippen molar-refractivity contribution in [3.8, 4) is 0 Å². The van der Waals surface area contributed by atoms with Gasteiger partial charge in [0.05, 0.1) is 11.6 Å². The number of nitrogens with zero attached hydrogens (tertiary/aromatic N) is 1. The first-order chi connectivity index (χ1) is 10.0. The van der Waals surface area contributed by atoms with Gasteiger partial charge in [-0.3, -0.25) is 0 Å². The Hall–Kier alpha value is -0.740.